The largest absolute Gasteiger partial charge is 0.461 e. The molecule has 0 radical (unpaired) electrons. The molecular weight excluding hydrogens is 214 g/mol. The van der Waals surface area contributed by atoms with E-state index in [4.69, 9.17) is 4.74 Å². The molecule has 15 heavy (non-hydrogen) atoms. The smallest absolute Gasteiger partial charge is 0.367 e. The highest BCUT2D eigenvalue weighted by Gasteiger charge is 2.14. The summed E-state index contributed by atoms with van der Waals surface area (Å²) in [5.74, 6) is -0.403. The molecule has 0 spiro atoms. The number of nitrogens with zero attached hydrogens (tertiary/aromatic N) is 3. The molecule has 6 heteroatoms. The Morgan fingerprint density at radius 1 is 1.53 bits per heavy atom. The minimum Gasteiger partial charge on any atom is -0.461 e. The molecule has 78 valence electrons. The third kappa shape index (κ3) is 1.80. The van der Waals surface area contributed by atoms with E-state index in [0.29, 0.717) is 22.0 Å². The molecule has 0 unspecified atom stereocenters. The summed E-state index contributed by atoms with van der Waals surface area (Å²) in [7, 11) is 0. The van der Waals surface area contributed by atoms with Gasteiger partial charge in [-0.2, -0.15) is 0 Å². The zero-order chi connectivity index (χ0) is 10.8. The second-order valence-corrected chi connectivity index (χ2v) is 3.83. The summed E-state index contributed by atoms with van der Waals surface area (Å²) < 4.78 is 4.86. The van der Waals surface area contributed by atoms with Gasteiger partial charge in [0.25, 0.3) is 0 Å². The summed E-state index contributed by atoms with van der Waals surface area (Å²) in [6.07, 6.45) is 1.46. The third-order valence-corrected chi connectivity index (χ3v) is 2.77. The van der Waals surface area contributed by atoms with Gasteiger partial charge in [-0.1, -0.05) is 11.3 Å². The summed E-state index contributed by atoms with van der Waals surface area (Å²) >= 11 is 1.22. The van der Waals surface area contributed by atoms with Gasteiger partial charge < -0.3 is 4.74 Å². The Morgan fingerprint density at radius 3 is 3.00 bits per heavy atom. The van der Waals surface area contributed by atoms with Gasteiger partial charge in [-0.15, -0.1) is 0 Å². The summed E-state index contributed by atoms with van der Waals surface area (Å²) in [6, 6.07) is 0. The number of thiazole rings is 1. The molecule has 0 aliphatic rings. The average Bonchev–Trinajstić information content (AvgIpc) is 2.63. The first kappa shape index (κ1) is 9.97. The Kier molecular flexibility index (Phi) is 2.59. The zero-order valence-corrected chi connectivity index (χ0v) is 9.17. The molecule has 2 rings (SSSR count). The van der Waals surface area contributed by atoms with Crippen LogP contribution in [0.2, 0.25) is 0 Å². The highest BCUT2D eigenvalue weighted by Crippen LogP contribution is 2.21. The molecule has 5 nitrogen and oxygen atoms in total. The second kappa shape index (κ2) is 3.90. The highest BCUT2D eigenvalue weighted by atomic mass is 32.1. The van der Waals surface area contributed by atoms with Gasteiger partial charge in [0, 0.05) is 0 Å². The molecule has 0 aliphatic carbocycles. The zero-order valence-electron chi connectivity index (χ0n) is 8.35. The van der Waals surface area contributed by atoms with Crippen LogP contribution >= 0.6 is 11.3 Å². The highest BCUT2D eigenvalue weighted by molar-refractivity contribution is 7.19. The second-order valence-electron chi connectivity index (χ2n) is 2.85. The van der Waals surface area contributed by atoms with Crippen molar-refractivity contribution in [3.8, 4) is 0 Å². The molecule has 0 bridgehead atoms. The van der Waals surface area contributed by atoms with Crippen molar-refractivity contribution in [3.05, 3.63) is 17.0 Å². The van der Waals surface area contributed by atoms with Crippen LogP contribution in [0.5, 0.6) is 0 Å². The quantitative estimate of drug-likeness (QED) is 0.723. The number of aromatic nitrogens is 3. The summed E-state index contributed by atoms with van der Waals surface area (Å²) in [5.41, 5.74) is 1.44. The van der Waals surface area contributed by atoms with Crippen molar-refractivity contribution in [2.24, 2.45) is 0 Å². The molecule has 2 heterocycles. The first-order valence-corrected chi connectivity index (χ1v) is 5.29. The Balaban J connectivity index is 2.47. The Labute approximate surface area is 90.1 Å². The summed E-state index contributed by atoms with van der Waals surface area (Å²) in [5, 5.41) is 0.329. The van der Waals surface area contributed by atoms with Crippen LogP contribution in [0.4, 0.5) is 0 Å². The number of hydrogen-bond donors (Lipinski definition) is 0. The van der Waals surface area contributed by atoms with Gasteiger partial charge >= 0.3 is 5.97 Å². The molecule has 0 amide bonds. The van der Waals surface area contributed by atoms with Crippen LogP contribution in [0.15, 0.2) is 6.33 Å². The normalized spacial score (nSPS) is 10.5. The van der Waals surface area contributed by atoms with Gasteiger partial charge in [-0.3, -0.25) is 0 Å². The lowest BCUT2D eigenvalue weighted by Gasteiger charge is -1.94. The van der Waals surface area contributed by atoms with E-state index in [-0.39, 0.29) is 0 Å². The fraction of sp³-hybridized carbons (Fsp3) is 0.333. The Morgan fingerprint density at radius 2 is 2.33 bits per heavy atom. The fourth-order valence-electron chi connectivity index (χ4n) is 1.14. The Hall–Kier alpha value is -1.56. The lowest BCUT2D eigenvalue weighted by Crippen LogP contribution is -2.03. The van der Waals surface area contributed by atoms with Crippen molar-refractivity contribution in [1.82, 2.24) is 15.0 Å². The van der Waals surface area contributed by atoms with Crippen molar-refractivity contribution in [2.45, 2.75) is 13.8 Å². The van der Waals surface area contributed by atoms with E-state index in [2.05, 4.69) is 15.0 Å². The average molecular weight is 223 g/mol. The number of ether oxygens (including phenoxy) is 1. The van der Waals surface area contributed by atoms with Gasteiger partial charge in [0.2, 0.25) is 5.01 Å². The first-order valence-electron chi connectivity index (χ1n) is 4.47. The van der Waals surface area contributed by atoms with E-state index in [1.165, 1.54) is 17.7 Å². The van der Waals surface area contributed by atoms with Crippen LogP contribution in [0.25, 0.3) is 10.3 Å². The molecule has 0 fully saturated rings. The maximum atomic E-state index is 11.4. The maximum Gasteiger partial charge on any atom is 0.367 e. The van der Waals surface area contributed by atoms with E-state index in [1.807, 2.05) is 6.92 Å². The van der Waals surface area contributed by atoms with Crippen molar-refractivity contribution in [2.75, 3.05) is 6.61 Å². The molecule has 0 atom stereocenters. The number of carbonyl (C=O) groups excluding carboxylic acids is 1. The van der Waals surface area contributed by atoms with Crippen molar-refractivity contribution in [1.29, 1.82) is 0 Å². The number of rotatable bonds is 2. The fourth-order valence-corrected chi connectivity index (χ4v) is 2.00. The van der Waals surface area contributed by atoms with Gasteiger partial charge in [-0.25, -0.2) is 19.7 Å². The first-order chi connectivity index (χ1) is 7.22. The van der Waals surface area contributed by atoms with Crippen LogP contribution in [0.1, 0.15) is 22.4 Å². The number of esters is 1. The van der Waals surface area contributed by atoms with Crippen LogP contribution in [-0.2, 0) is 4.74 Å². The SMILES string of the molecule is CCOC(=O)c1nc2c(C)ncnc2s1. The van der Waals surface area contributed by atoms with E-state index >= 15 is 0 Å². The van der Waals surface area contributed by atoms with Gasteiger partial charge in [0.15, 0.2) is 0 Å². The van der Waals surface area contributed by atoms with Crippen molar-refractivity contribution in [3.63, 3.8) is 0 Å². The molecule has 2 aromatic heterocycles. The van der Waals surface area contributed by atoms with Crippen LogP contribution in [0, 0.1) is 6.92 Å². The van der Waals surface area contributed by atoms with Crippen molar-refractivity contribution >= 4 is 27.7 Å². The predicted molar refractivity (Wildman–Crippen MR) is 55.9 cm³/mol. The lowest BCUT2D eigenvalue weighted by molar-refractivity contribution is 0.0526. The Bertz CT molecular complexity index is 509. The van der Waals surface area contributed by atoms with Crippen LogP contribution in [0.3, 0.4) is 0 Å². The monoisotopic (exact) mass is 223 g/mol. The summed E-state index contributed by atoms with van der Waals surface area (Å²) in [6.45, 7) is 3.94. The van der Waals surface area contributed by atoms with Crippen LogP contribution < -0.4 is 0 Å². The molecule has 0 aliphatic heterocycles. The van der Waals surface area contributed by atoms with E-state index in [9.17, 15) is 4.79 Å². The van der Waals surface area contributed by atoms with E-state index in [1.54, 1.807) is 6.92 Å². The molecule has 0 saturated heterocycles. The number of fused-ring (bicyclic) bond motifs is 1. The van der Waals surface area contributed by atoms with Gasteiger partial charge in [0.05, 0.1) is 12.3 Å². The minimum absolute atomic E-state index is 0.329. The molecule has 2 aromatic rings. The van der Waals surface area contributed by atoms with E-state index in [0.717, 1.165) is 5.69 Å². The third-order valence-electron chi connectivity index (χ3n) is 1.83. The van der Waals surface area contributed by atoms with Gasteiger partial charge in [0.1, 0.15) is 16.7 Å². The lowest BCUT2D eigenvalue weighted by atomic mass is 10.4. The number of aryl methyl sites for hydroxylation is 1. The van der Waals surface area contributed by atoms with Crippen LogP contribution in [-0.4, -0.2) is 27.5 Å². The number of hydrogen-bond acceptors (Lipinski definition) is 6. The van der Waals surface area contributed by atoms with Gasteiger partial charge in [-0.05, 0) is 13.8 Å². The van der Waals surface area contributed by atoms with Crippen molar-refractivity contribution < 1.29 is 9.53 Å². The van der Waals surface area contributed by atoms with E-state index < -0.39 is 5.97 Å². The topological polar surface area (TPSA) is 65.0 Å². The summed E-state index contributed by atoms with van der Waals surface area (Å²) in [4.78, 5) is 24.3. The molecular formula is C9H9N3O2S. The predicted octanol–water partition coefficient (Wildman–Crippen LogP) is 1.57. The number of carbonyl (C=O) groups is 1. The minimum atomic E-state index is -0.403. The molecule has 0 N–H and O–H groups in total. The molecule has 0 saturated carbocycles. The standard InChI is InChI=1S/C9H9N3O2S/c1-3-14-9(13)8-12-6-5(2)10-4-11-7(6)15-8/h4H,3H2,1-2H3. The maximum absolute atomic E-state index is 11.4. The molecule has 0 aromatic carbocycles.